The van der Waals surface area contributed by atoms with Gasteiger partial charge in [0.15, 0.2) is 0 Å². The largest absolute Gasteiger partial charge is 0.324 e. The highest BCUT2D eigenvalue weighted by atomic mass is 32.1. The Morgan fingerprint density at radius 3 is 2.75 bits per heavy atom. The summed E-state index contributed by atoms with van der Waals surface area (Å²) >= 11 is 1.32. The molecule has 0 spiro atoms. The third-order valence-electron chi connectivity index (χ3n) is 3.51. The van der Waals surface area contributed by atoms with Gasteiger partial charge in [0, 0.05) is 6.20 Å². The molecule has 0 aliphatic rings. The van der Waals surface area contributed by atoms with Gasteiger partial charge < -0.3 is 4.98 Å². The number of H-pyrrole nitrogens is 1. The molecule has 7 heteroatoms. The number of aryl methyl sites for hydroxylation is 1. The van der Waals surface area contributed by atoms with Crippen molar-refractivity contribution >= 4 is 34.2 Å². The van der Waals surface area contributed by atoms with Gasteiger partial charge in [0.25, 0.3) is 5.91 Å². The van der Waals surface area contributed by atoms with Gasteiger partial charge in [0.05, 0.1) is 22.4 Å². The summed E-state index contributed by atoms with van der Waals surface area (Å²) in [5, 5.41) is 3.52. The smallest absolute Gasteiger partial charge is 0.269 e. The molecule has 0 saturated heterocycles. The molecule has 3 heterocycles. The molecular formula is C17H13N5OS. The van der Waals surface area contributed by atoms with Crippen molar-refractivity contribution in [3.63, 3.8) is 0 Å². The summed E-state index contributed by atoms with van der Waals surface area (Å²) in [6.45, 7) is 1.82. The number of imidazole rings is 1. The second-order valence-corrected chi connectivity index (χ2v) is 6.20. The summed E-state index contributed by atoms with van der Waals surface area (Å²) in [5.41, 5.74) is 3.12. The van der Waals surface area contributed by atoms with Crippen LogP contribution in [0.15, 0.2) is 48.7 Å². The Bertz CT molecular complexity index is 989. The molecule has 0 saturated carbocycles. The number of rotatable bonds is 3. The predicted molar refractivity (Wildman–Crippen MR) is 94.1 cm³/mol. The molecule has 4 aromatic rings. The number of carbonyl (C=O) groups excluding carboxylic acids is 1. The molecule has 118 valence electrons. The van der Waals surface area contributed by atoms with Crippen LogP contribution < -0.4 is 5.32 Å². The molecule has 0 aliphatic carbocycles. The van der Waals surface area contributed by atoms with Gasteiger partial charge in [-0.15, -0.1) is 11.3 Å². The molecule has 1 aromatic carbocycles. The summed E-state index contributed by atoms with van der Waals surface area (Å²) in [6.07, 6.45) is 1.71. The van der Waals surface area contributed by atoms with Crippen molar-refractivity contribution in [2.75, 3.05) is 5.32 Å². The van der Waals surface area contributed by atoms with Crippen LogP contribution in [-0.2, 0) is 0 Å². The Balaban J connectivity index is 1.61. The number of hydrogen-bond acceptors (Lipinski definition) is 5. The lowest BCUT2D eigenvalue weighted by atomic mass is 10.3. The van der Waals surface area contributed by atoms with Gasteiger partial charge in [-0.1, -0.05) is 18.2 Å². The minimum absolute atomic E-state index is 0.230. The second kappa shape index (κ2) is 5.86. The molecule has 0 aliphatic heterocycles. The zero-order valence-corrected chi connectivity index (χ0v) is 13.6. The first-order valence-corrected chi connectivity index (χ1v) is 8.17. The molecule has 1 amide bonds. The fraction of sp³-hybridized carbons (Fsp3) is 0.0588. The van der Waals surface area contributed by atoms with E-state index >= 15 is 0 Å². The lowest BCUT2D eigenvalue weighted by Gasteiger charge is -1.99. The quantitative estimate of drug-likeness (QED) is 0.599. The molecule has 0 atom stereocenters. The molecule has 6 nitrogen and oxygen atoms in total. The van der Waals surface area contributed by atoms with Crippen LogP contribution in [-0.4, -0.2) is 25.8 Å². The second-order valence-electron chi connectivity index (χ2n) is 5.21. The average molecular weight is 335 g/mol. The van der Waals surface area contributed by atoms with Crippen molar-refractivity contribution in [2.45, 2.75) is 6.92 Å². The van der Waals surface area contributed by atoms with Crippen LogP contribution in [0.1, 0.15) is 15.4 Å². The molecule has 3 aromatic heterocycles. The maximum absolute atomic E-state index is 12.5. The van der Waals surface area contributed by atoms with E-state index in [1.165, 1.54) is 11.3 Å². The van der Waals surface area contributed by atoms with E-state index in [1.807, 2.05) is 49.4 Å². The molecule has 0 bridgehead atoms. The van der Waals surface area contributed by atoms with E-state index in [2.05, 4.69) is 25.3 Å². The van der Waals surface area contributed by atoms with Gasteiger partial charge in [-0.3, -0.25) is 15.1 Å². The lowest BCUT2D eigenvalue weighted by Crippen LogP contribution is -2.12. The number of pyridine rings is 1. The fourth-order valence-electron chi connectivity index (χ4n) is 2.38. The van der Waals surface area contributed by atoms with Crippen LogP contribution in [0.5, 0.6) is 0 Å². The van der Waals surface area contributed by atoms with Crippen molar-refractivity contribution in [3.8, 4) is 10.7 Å². The number of aromatic amines is 1. The summed E-state index contributed by atoms with van der Waals surface area (Å²) in [5.74, 6) is 0.194. The van der Waals surface area contributed by atoms with Crippen molar-refractivity contribution in [3.05, 3.63) is 59.2 Å². The third kappa shape index (κ3) is 2.65. The summed E-state index contributed by atoms with van der Waals surface area (Å²) in [7, 11) is 0. The minimum atomic E-state index is -0.230. The molecule has 4 rings (SSSR count). The predicted octanol–water partition coefficient (Wildman–Crippen LogP) is 3.64. The normalized spacial score (nSPS) is 10.9. The zero-order valence-electron chi connectivity index (χ0n) is 12.8. The Hall–Kier alpha value is -3.06. The van der Waals surface area contributed by atoms with Gasteiger partial charge in [0.1, 0.15) is 9.88 Å². The number of carbonyl (C=O) groups is 1. The number of aromatic nitrogens is 4. The molecule has 0 radical (unpaired) electrons. The van der Waals surface area contributed by atoms with Crippen LogP contribution in [0, 0.1) is 6.92 Å². The van der Waals surface area contributed by atoms with Crippen molar-refractivity contribution < 1.29 is 4.79 Å². The number of hydrogen-bond donors (Lipinski definition) is 2. The van der Waals surface area contributed by atoms with Crippen molar-refractivity contribution in [1.29, 1.82) is 0 Å². The maximum atomic E-state index is 12.5. The Morgan fingerprint density at radius 1 is 1.12 bits per heavy atom. The first-order chi connectivity index (χ1) is 11.7. The van der Waals surface area contributed by atoms with E-state index in [4.69, 9.17) is 0 Å². The van der Waals surface area contributed by atoms with E-state index in [0.717, 1.165) is 21.7 Å². The number of para-hydroxylation sites is 2. The highest BCUT2D eigenvalue weighted by Gasteiger charge is 2.18. The van der Waals surface area contributed by atoms with Crippen molar-refractivity contribution in [2.24, 2.45) is 0 Å². The summed E-state index contributed by atoms with van der Waals surface area (Å²) < 4.78 is 0. The van der Waals surface area contributed by atoms with Crippen molar-refractivity contribution in [1.82, 2.24) is 19.9 Å². The number of benzene rings is 1. The highest BCUT2D eigenvalue weighted by molar-refractivity contribution is 7.17. The minimum Gasteiger partial charge on any atom is -0.324 e. The molecule has 0 unspecified atom stereocenters. The van der Waals surface area contributed by atoms with E-state index in [9.17, 15) is 4.79 Å². The highest BCUT2D eigenvalue weighted by Crippen LogP contribution is 2.27. The Kier molecular flexibility index (Phi) is 3.55. The number of thiazole rings is 1. The third-order valence-corrected chi connectivity index (χ3v) is 4.69. The first-order valence-electron chi connectivity index (χ1n) is 7.35. The van der Waals surface area contributed by atoms with E-state index < -0.39 is 0 Å². The van der Waals surface area contributed by atoms with Crippen LogP contribution >= 0.6 is 11.3 Å². The number of anilines is 1. The topological polar surface area (TPSA) is 83.6 Å². The number of nitrogens with one attached hydrogen (secondary N) is 2. The zero-order chi connectivity index (χ0) is 16.5. The van der Waals surface area contributed by atoms with Gasteiger partial charge in [-0.05, 0) is 31.2 Å². The molecule has 24 heavy (non-hydrogen) atoms. The van der Waals surface area contributed by atoms with Crippen LogP contribution in [0.25, 0.3) is 21.7 Å². The standard InChI is InChI=1S/C17H13N5OS/c1-10-14(24-16(19-10)13-8-4-5-9-18-13)15(23)22-17-20-11-6-2-3-7-12(11)21-17/h2-9H,1H3,(H2,20,21,22,23). The lowest BCUT2D eigenvalue weighted by molar-refractivity contribution is 0.102. The Morgan fingerprint density at radius 2 is 1.96 bits per heavy atom. The van der Waals surface area contributed by atoms with Gasteiger partial charge in [-0.2, -0.15) is 0 Å². The fourth-order valence-corrected chi connectivity index (χ4v) is 3.32. The molecular weight excluding hydrogens is 322 g/mol. The first kappa shape index (κ1) is 14.5. The maximum Gasteiger partial charge on any atom is 0.269 e. The number of nitrogens with zero attached hydrogens (tertiary/aromatic N) is 3. The van der Waals surface area contributed by atoms with Crippen LogP contribution in [0.2, 0.25) is 0 Å². The molecule has 0 fully saturated rings. The van der Waals surface area contributed by atoms with E-state index in [1.54, 1.807) is 6.20 Å². The van der Waals surface area contributed by atoms with E-state index in [0.29, 0.717) is 16.5 Å². The SMILES string of the molecule is Cc1nc(-c2ccccn2)sc1C(=O)Nc1nc2ccccc2[nH]1. The monoisotopic (exact) mass is 335 g/mol. The molecule has 2 N–H and O–H groups in total. The van der Waals surface area contributed by atoms with Gasteiger partial charge in [-0.25, -0.2) is 9.97 Å². The Labute approximate surface area is 141 Å². The summed E-state index contributed by atoms with van der Waals surface area (Å²) in [4.78, 5) is 29.3. The van der Waals surface area contributed by atoms with E-state index in [-0.39, 0.29) is 5.91 Å². The number of fused-ring (bicyclic) bond motifs is 1. The average Bonchev–Trinajstić information content (AvgIpc) is 3.18. The van der Waals surface area contributed by atoms with Crippen LogP contribution in [0.4, 0.5) is 5.95 Å². The number of amides is 1. The summed E-state index contributed by atoms with van der Waals surface area (Å²) in [6, 6.07) is 13.2. The van der Waals surface area contributed by atoms with Gasteiger partial charge >= 0.3 is 0 Å². The van der Waals surface area contributed by atoms with Gasteiger partial charge in [0.2, 0.25) is 5.95 Å². The van der Waals surface area contributed by atoms with Crippen LogP contribution in [0.3, 0.4) is 0 Å².